The SMILES string of the molecule is CCNC(=O)C(O)C1CCCC1. The molecular weight excluding hydrogens is 154 g/mol. The normalized spacial score (nSPS) is 20.8. The van der Waals surface area contributed by atoms with E-state index in [2.05, 4.69) is 5.32 Å². The summed E-state index contributed by atoms with van der Waals surface area (Å²) < 4.78 is 0. The van der Waals surface area contributed by atoms with E-state index in [1.54, 1.807) is 0 Å². The topological polar surface area (TPSA) is 49.3 Å². The van der Waals surface area contributed by atoms with Crippen LogP contribution in [-0.2, 0) is 4.79 Å². The van der Waals surface area contributed by atoms with Crippen molar-refractivity contribution in [3.05, 3.63) is 0 Å². The Bertz CT molecular complexity index is 153. The molecule has 2 N–H and O–H groups in total. The van der Waals surface area contributed by atoms with Gasteiger partial charge in [-0.25, -0.2) is 0 Å². The fourth-order valence-electron chi connectivity index (χ4n) is 1.77. The van der Waals surface area contributed by atoms with Gasteiger partial charge in [0.1, 0.15) is 6.10 Å². The summed E-state index contributed by atoms with van der Waals surface area (Å²) in [7, 11) is 0. The fourth-order valence-corrected chi connectivity index (χ4v) is 1.77. The lowest BCUT2D eigenvalue weighted by Gasteiger charge is -2.16. The van der Waals surface area contributed by atoms with E-state index in [1.807, 2.05) is 6.92 Å². The molecule has 1 saturated carbocycles. The molecule has 0 aromatic heterocycles. The Morgan fingerprint density at radius 3 is 2.67 bits per heavy atom. The first-order valence-corrected chi connectivity index (χ1v) is 4.71. The zero-order valence-electron chi connectivity index (χ0n) is 7.55. The number of likely N-dealkylation sites (N-methyl/N-ethyl adjacent to an activating group) is 1. The van der Waals surface area contributed by atoms with Crippen LogP contribution in [0.5, 0.6) is 0 Å². The van der Waals surface area contributed by atoms with Gasteiger partial charge in [0.05, 0.1) is 0 Å². The maximum atomic E-state index is 11.2. The molecule has 12 heavy (non-hydrogen) atoms. The number of carbonyl (C=O) groups is 1. The van der Waals surface area contributed by atoms with Gasteiger partial charge in [-0.15, -0.1) is 0 Å². The van der Waals surface area contributed by atoms with E-state index in [-0.39, 0.29) is 11.8 Å². The molecule has 1 aliphatic carbocycles. The Hall–Kier alpha value is -0.570. The minimum absolute atomic E-state index is 0.204. The molecule has 1 aliphatic rings. The monoisotopic (exact) mass is 171 g/mol. The van der Waals surface area contributed by atoms with Gasteiger partial charge in [0.25, 0.3) is 0 Å². The Morgan fingerprint density at radius 1 is 1.58 bits per heavy atom. The van der Waals surface area contributed by atoms with E-state index in [9.17, 15) is 9.90 Å². The minimum atomic E-state index is -0.771. The largest absolute Gasteiger partial charge is 0.383 e. The molecule has 0 saturated heterocycles. The molecule has 1 amide bonds. The summed E-state index contributed by atoms with van der Waals surface area (Å²) in [6.07, 6.45) is 3.53. The van der Waals surface area contributed by atoms with E-state index in [0.29, 0.717) is 6.54 Å². The standard InChI is InChI=1S/C9H17NO2/c1-2-10-9(12)8(11)7-5-3-4-6-7/h7-8,11H,2-6H2,1H3,(H,10,12). The number of rotatable bonds is 3. The zero-order valence-corrected chi connectivity index (χ0v) is 7.55. The van der Waals surface area contributed by atoms with Gasteiger partial charge in [0.15, 0.2) is 0 Å². The highest BCUT2D eigenvalue weighted by atomic mass is 16.3. The molecule has 0 aromatic rings. The second-order valence-electron chi connectivity index (χ2n) is 3.38. The van der Waals surface area contributed by atoms with Crippen molar-refractivity contribution in [3.63, 3.8) is 0 Å². The van der Waals surface area contributed by atoms with Crippen LogP contribution >= 0.6 is 0 Å². The van der Waals surface area contributed by atoms with Gasteiger partial charge in [-0.1, -0.05) is 12.8 Å². The molecule has 0 bridgehead atoms. The zero-order chi connectivity index (χ0) is 8.97. The van der Waals surface area contributed by atoms with Crippen molar-refractivity contribution in [1.29, 1.82) is 0 Å². The van der Waals surface area contributed by atoms with Gasteiger partial charge >= 0.3 is 0 Å². The Labute approximate surface area is 73.2 Å². The van der Waals surface area contributed by atoms with Crippen LogP contribution in [0.4, 0.5) is 0 Å². The lowest BCUT2D eigenvalue weighted by molar-refractivity contribution is -0.131. The maximum Gasteiger partial charge on any atom is 0.249 e. The molecular formula is C9H17NO2. The Morgan fingerprint density at radius 2 is 2.17 bits per heavy atom. The number of hydrogen-bond donors (Lipinski definition) is 2. The van der Waals surface area contributed by atoms with Crippen LogP contribution in [0, 0.1) is 5.92 Å². The third kappa shape index (κ3) is 2.21. The molecule has 0 radical (unpaired) electrons. The summed E-state index contributed by atoms with van der Waals surface area (Å²) >= 11 is 0. The number of carbonyl (C=O) groups excluding carboxylic acids is 1. The smallest absolute Gasteiger partial charge is 0.249 e. The highest BCUT2D eigenvalue weighted by Gasteiger charge is 2.27. The first kappa shape index (κ1) is 9.52. The van der Waals surface area contributed by atoms with Crippen LogP contribution < -0.4 is 5.32 Å². The molecule has 1 fully saturated rings. The number of hydrogen-bond acceptors (Lipinski definition) is 2. The van der Waals surface area contributed by atoms with Crippen LogP contribution in [0.15, 0.2) is 0 Å². The van der Waals surface area contributed by atoms with Crippen molar-refractivity contribution in [3.8, 4) is 0 Å². The second-order valence-corrected chi connectivity index (χ2v) is 3.38. The van der Waals surface area contributed by atoms with Crippen molar-refractivity contribution in [2.24, 2.45) is 5.92 Å². The second kappa shape index (κ2) is 4.45. The average molecular weight is 171 g/mol. The van der Waals surface area contributed by atoms with Crippen LogP contribution in [0.1, 0.15) is 32.6 Å². The number of nitrogens with one attached hydrogen (secondary N) is 1. The van der Waals surface area contributed by atoms with Gasteiger partial charge in [-0.2, -0.15) is 0 Å². The quantitative estimate of drug-likeness (QED) is 0.656. The van der Waals surface area contributed by atoms with E-state index in [1.165, 1.54) is 0 Å². The Kier molecular flexibility index (Phi) is 3.53. The van der Waals surface area contributed by atoms with Crippen LogP contribution in [-0.4, -0.2) is 23.7 Å². The molecule has 0 heterocycles. The maximum absolute atomic E-state index is 11.2. The molecule has 1 unspecified atom stereocenters. The fraction of sp³-hybridized carbons (Fsp3) is 0.889. The lowest BCUT2D eigenvalue weighted by Crippen LogP contribution is -2.38. The molecule has 0 aliphatic heterocycles. The summed E-state index contributed by atoms with van der Waals surface area (Å²) in [5.41, 5.74) is 0. The van der Waals surface area contributed by atoms with Crippen LogP contribution in [0.2, 0.25) is 0 Å². The predicted octanol–water partition coefficient (Wildman–Crippen LogP) is 0.674. The summed E-state index contributed by atoms with van der Waals surface area (Å²) in [5.74, 6) is 0.000880. The van der Waals surface area contributed by atoms with Gasteiger partial charge in [0, 0.05) is 6.54 Å². The van der Waals surface area contributed by atoms with Gasteiger partial charge in [-0.3, -0.25) is 4.79 Å². The number of aliphatic hydroxyl groups excluding tert-OH is 1. The summed E-state index contributed by atoms with van der Waals surface area (Å²) in [4.78, 5) is 11.2. The third-order valence-electron chi connectivity index (χ3n) is 2.47. The first-order chi connectivity index (χ1) is 5.75. The van der Waals surface area contributed by atoms with Crippen molar-refractivity contribution < 1.29 is 9.90 Å². The molecule has 3 heteroatoms. The lowest BCUT2D eigenvalue weighted by atomic mass is 10.0. The van der Waals surface area contributed by atoms with Crippen LogP contribution in [0.3, 0.4) is 0 Å². The highest BCUT2D eigenvalue weighted by molar-refractivity contribution is 5.80. The predicted molar refractivity (Wildman–Crippen MR) is 46.6 cm³/mol. The van der Waals surface area contributed by atoms with Crippen molar-refractivity contribution in [2.45, 2.75) is 38.7 Å². The van der Waals surface area contributed by atoms with Gasteiger partial charge in [0.2, 0.25) is 5.91 Å². The summed E-state index contributed by atoms with van der Waals surface area (Å²) in [6.45, 7) is 2.46. The van der Waals surface area contributed by atoms with Crippen molar-refractivity contribution >= 4 is 5.91 Å². The highest BCUT2D eigenvalue weighted by Crippen LogP contribution is 2.27. The minimum Gasteiger partial charge on any atom is -0.383 e. The van der Waals surface area contributed by atoms with E-state index >= 15 is 0 Å². The van der Waals surface area contributed by atoms with E-state index < -0.39 is 6.10 Å². The summed E-state index contributed by atoms with van der Waals surface area (Å²) in [6, 6.07) is 0. The molecule has 0 spiro atoms. The molecule has 70 valence electrons. The molecule has 3 nitrogen and oxygen atoms in total. The molecule has 1 atom stereocenters. The van der Waals surface area contributed by atoms with Crippen LogP contribution in [0.25, 0.3) is 0 Å². The van der Waals surface area contributed by atoms with Gasteiger partial charge in [-0.05, 0) is 25.7 Å². The van der Waals surface area contributed by atoms with E-state index in [0.717, 1.165) is 25.7 Å². The van der Waals surface area contributed by atoms with Crippen molar-refractivity contribution in [1.82, 2.24) is 5.32 Å². The first-order valence-electron chi connectivity index (χ1n) is 4.71. The average Bonchev–Trinajstić information content (AvgIpc) is 2.55. The summed E-state index contributed by atoms with van der Waals surface area (Å²) in [5, 5.41) is 12.2. The molecule has 1 rings (SSSR count). The van der Waals surface area contributed by atoms with E-state index in [4.69, 9.17) is 0 Å². The Balaban J connectivity index is 2.34. The van der Waals surface area contributed by atoms with Gasteiger partial charge < -0.3 is 10.4 Å². The molecule has 0 aromatic carbocycles. The third-order valence-corrected chi connectivity index (χ3v) is 2.47. The number of amides is 1. The van der Waals surface area contributed by atoms with Crippen molar-refractivity contribution in [2.75, 3.05) is 6.54 Å². The number of aliphatic hydroxyl groups is 1.